The lowest BCUT2D eigenvalue weighted by Crippen LogP contribution is -2.53. The summed E-state index contributed by atoms with van der Waals surface area (Å²) >= 11 is 6.78. The molecule has 0 bridgehead atoms. The van der Waals surface area contributed by atoms with E-state index in [-0.39, 0.29) is 39.6 Å². The summed E-state index contributed by atoms with van der Waals surface area (Å²) < 4.78 is 32.3. The first kappa shape index (κ1) is 29.9. The Morgan fingerprint density at radius 3 is 2.52 bits per heavy atom. The SMILES string of the molecule is CNC(=O)C[N+](C)(C[C@@H]1C[C@H]1C)c1cc(-c2nnc([C@](C)(N)Cc3ccccc3)o2)c(Cl)c(N(C)S(C)(=O)=O)n1. The highest BCUT2D eigenvalue weighted by atomic mass is 35.5. The largest absolute Gasteiger partial charge is 0.419 e. The fourth-order valence-corrected chi connectivity index (χ4v) is 5.57. The quantitative estimate of drug-likeness (QED) is 0.324. The van der Waals surface area contributed by atoms with Gasteiger partial charge >= 0.3 is 0 Å². The Bertz CT molecular complexity index is 1500. The number of carbonyl (C=O) groups is 1. The van der Waals surface area contributed by atoms with E-state index in [1.54, 1.807) is 20.0 Å². The zero-order valence-corrected chi connectivity index (χ0v) is 25.3. The molecule has 0 saturated heterocycles. The molecule has 3 N–H and O–H groups in total. The molecule has 216 valence electrons. The van der Waals surface area contributed by atoms with E-state index in [0.717, 1.165) is 22.5 Å². The average Bonchev–Trinajstić information content (AvgIpc) is 3.34. The summed E-state index contributed by atoms with van der Waals surface area (Å²) in [7, 11) is 1.13. The van der Waals surface area contributed by atoms with Crippen molar-refractivity contribution in [2.45, 2.75) is 32.2 Å². The molecule has 0 aliphatic heterocycles. The van der Waals surface area contributed by atoms with Crippen LogP contribution in [0.25, 0.3) is 11.5 Å². The van der Waals surface area contributed by atoms with Gasteiger partial charge in [0.15, 0.2) is 12.4 Å². The lowest BCUT2D eigenvalue weighted by Gasteiger charge is -2.33. The number of halogens is 1. The van der Waals surface area contributed by atoms with Gasteiger partial charge in [-0.2, -0.15) is 4.98 Å². The molecule has 40 heavy (non-hydrogen) atoms. The number of aromatic nitrogens is 3. The van der Waals surface area contributed by atoms with Gasteiger partial charge in [-0.05, 0) is 31.2 Å². The molecule has 11 nitrogen and oxygen atoms in total. The number of benzene rings is 1. The second kappa shape index (κ2) is 11.1. The van der Waals surface area contributed by atoms with E-state index >= 15 is 0 Å². The first-order valence-corrected chi connectivity index (χ1v) is 15.2. The normalized spacial score (nSPS) is 19.9. The average molecular weight is 591 g/mol. The summed E-state index contributed by atoms with van der Waals surface area (Å²) in [5.74, 6) is 1.48. The van der Waals surface area contributed by atoms with Crippen LogP contribution in [0.2, 0.25) is 5.02 Å². The van der Waals surface area contributed by atoms with Crippen LogP contribution in [0.5, 0.6) is 0 Å². The molecule has 3 aromatic rings. The smallest absolute Gasteiger partial charge is 0.275 e. The Morgan fingerprint density at radius 1 is 1.30 bits per heavy atom. The van der Waals surface area contributed by atoms with Crippen LogP contribution in [0.4, 0.5) is 11.6 Å². The number of quaternary nitrogens is 1. The summed E-state index contributed by atoms with van der Waals surface area (Å²) in [6.45, 7) is 4.70. The number of rotatable bonds is 11. The number of likely N-dealkylation sites (N-methyl/N-ethyl adjacent to an activating group) is 2. The van der Waals surface area contributed by atoms with Gasteiger partial charge in [-0.15, -0.1) is 10.2 Å². The number of amides is 1. The van der Waals surface area contributed by atoms with Gasteiger partial charge in [-0.3, -0.25) is 13.6 Å². The molecule has 1 aliphatic rings. The Kier molecular flexibility index (Phi) is 8.28. The minimum atomic E-state index is -3.73. The Labute approximate surface area is 240 Å². The fraction of sp³-hybridized carbons (Fsp3) is 0.481. The van der Waals surface area contributed by atoms with E-state index in [1.807, 2.05) is 37.4 Å². The van der Waals surface area contributed by atoms with Crippen molar-refractivity contribution in [1.29, 1.82) is 0 Å². The number of nitrogens with two attached hydrogens (primary N) is 1. The molecule has 0 radical (unpaired) electrons. The molecule has 1 aromatic carbocycles. The minimum Gasteiger partial charge on any atom is -0.419 e. The van der Waals surface area contributed by atoms with Crippen LogP contribution in [0.1, 0.15) is 31.7 Å². The van der Waals surface area contributed by atoms with Gasteiger partial charge in [0.05, 0.1) is 36.0 Å². The number of hydrogen-bond acceptors (Lipinski definition) is 8. The van der Waals surface area contributed by atoms with Crippen molar-refractivity contribution in [2.24, 2.45) is 17.6 Å². The highest BCUT2D eigenvalue weighted by Gasteiger charge is 2.43. The lowest BCUT2D eigenvalue weighted by atomic mass is 9.94. The number of sulfonamides is 1. The highest BCUT2D eigenvalue weighted by Crippen LogP contribution is 2.43. The number of anilines is 1. The van der Waals surface area contributed by atoms with E-state index in [4.69, 9.17) is 26.7 Å². The van der Waals surface area contributed by atoms with Crippen molar-refractivity contribution in [3.63, 3.8) is 0 Å². The Balaban J connectivity index is 1.83. The second-order valence-electron chi connectivity index (χ2n) is 11.3. The summed E-state index contributed by atoms with van der Waals surface area (Å²) in [5, 5.41) is 11.2. The molecule has 1 fully saturated rings. The molecule has 1 saturated carbocycles. The third-order valence-electron chi connectivity index (χ3n) is 7.52. The van der Waals surface area contributed by atoms with Gasteiger partial charge in [0.2, 0.25) is 27.6 Å². The van der Waals surface area contributed by atoms with Crippen molar-refractivity contribution >= 4 is 39.2 Å². The molecule has 4 atom stereocenters. The van der Waals surface area contributed by atoms with Crippen molar-refractivity contribution in [1.82, 2.24) is 25.0 Å². The van der Waals surface area contributed by atoms with Crippen LogP contribution < -0.4 is 19.8 Å². The maximum Gasteiger partial charge on any atom is 0.275 e. The van der Waals surface area contributed by atoms with Gasteiger partial charge in [-0.25, -0.2) is 8.42 Å². The fourth-order valence-electron chi connectivity index (χ4n) is 4.77. The lowest BCUT2D eigenvalue weighted by molar-refractivity contribution is -0.121. The standard InChI is InChI=1S/C27H36ClN7O4S/c1-17-12-19(17)15-35(5,16-22(36)30-3)21-13-20(23(28)24(31-21)34(4)40(6,37)38)25-32-33-26(39-25)27(2,29)14-18-10-8-7-9-11-18/h7-11,13,17,19H,12,14-16,29H2,1-6H3/p+1/t17-,19+,27-,35?/m1/s1. The number of nitrogens with one attached hydrogen (secondary N) is 1. The van der Waals surface area contributed by atoms with Crippen LogP contribution in [0.3, 0.4) is 0 Å². The van der Waals surface area contributed by atoms with E-state index in [1.165, 1.54) is 7.05 Å². The van der Waals surface area contributed by atoms with Crippen LogP contribution >= 0.6 is 11.6 Å². The molecule has 0 spiro atoms. The van der Waals surface area contributed by atoms with E-state index < -0.39 is 15.6 Å². The molecule has 1 amide bonds. The van der Waals surface area contributed by atoms with Gasteiger partial charge in [0, 0.05) is 26.1 Å². The molecular weight excluding hydrogens is 554 g/mol. The van der Waals surface area contributed by atoms with Gasteiger partial charge in [-0.1, -0.05) is 48.9 Å². The molecule has 1 unspecified atom stereocenters. The van der Waals surface area contributed by atoms with Crippen LogP contribution in [-0.4, -0.2) is 70.0 Å². The zero-order valence-electron chi connectivity index (χ0n) is 23.7. The predicted octanol–water partition coefficient (Wildman–Crippen LogP) is 2.94. The zero-order chi connectivity index (χ0) is 29.5. The van der Waals surface area contributed by atoms with Crippen molar-refractivity contribution in [3.05, 3.63) is 52.9 Å². The number of nitrogens with zero attached hydrogens (tertiary/aromatic N) is 5. The van der Waals surface area contributed by atoms with Crippen molar-refractivity contribution in [2.75, 3.05) is 44.8 Å². The molecule has 4 rings (SSSR count). The maximum atomic E-state index is 12.6. The predicted molar refractivity (Wildman–Crippen MR) is 156 cm³/mol. The first-order valence-electron chi connectivity index (χ1n) is 13.0. The van der Waals surface area contributed by atoms with Crippen LogP contribution in [-0.2, 0) is 26.8 Å². The van der Waals surface area contributed by atoms with E-state index in [2.05, 4.69) is 22.4 Å². The molecule has 2 aromatic heterocycles. The second-order valence-corrected chi connectivity index (χ2v) is 13.7. The highest BCUT2D eigenvalue weighted by molar-refractivity contribution is 7.92. The van der Waals surface area contributed by atoms with Gasteiger partial charge in [0.25, 0.3) is 5.91 Å². The first-order chi connectivity index (χ1) is 18.6. The van der Waals surface area contributed by atoms with E-state index in [0.29, 0.717) is 36.2 Å². The summed E-state index contributed by atoms with van der Waals surface area (Å²) in [6.07, 6.45) is 2.56. The monoisotopic (exact) mass is 590 g/mol. The number of hydrogen-bond donors (Lipinski definition) is 2. The summed E-state index contributed by atoms with van der Waals surface area (Å²) in [4.78, 5) is 17.3. The molecule has 13 heteroatoms. The maximum absolute atomic E-state index is 12.6. The summed E-state index contributed by atoms with van der Waals surface area (Å²) in [6, 6.07) is 11.4. The van der Waals surface area contributed by atoms with Crippen molar-refractivity contribution < 1.29 is 17.6 Å². The van der Waals surface area contributed by atoms with Crippen LogP contribution in [0, 0.1) is 11.8 Å². The van der Waals surface area contributed by atoms with Gasteiger partial charge < -0.3 is 15.5 Å². The van der Waals surface area contributed by atoms with Crippen molar-refractivity contribution in [3.8, 4) is 11.5 Å². The number of pyridine rings is 1. The minimum absolute atomic E-state index is 0.00122. The molecule has 1 aliphatic carbocycles. The van der Waals surface area contributed by atoms with Gasteiger partial charge in [0.1, 0.15) is 0 Å². The van der Waals surface area contributed by atoms with E-state index in [9.17, 15) is 13.2 Å². The van der Waals surface area contributed by atoms with Crippen LogP contribution in [0.15, 0.2) is 40.8 Å². The topological polar surface area (TPSA) is 144 Å². The molecular formula is C27H37ClN7O4S+. The summed E-state index contributed by atoms with van der Waals surface area (Å²) in [5.41, 5.74) is 6.93. The Morgan fingerprint density at radius 2 is 1.95 bits per heavy atom. The number of carbonyl (C=O) groups excluding carboxylic acids is 1. The Hall–Kier alpha value is -3.06. The molecule has 2 heterocycles. The third-order valence-corrected chi connectivity index (χ3v) is 9.06. The third kappa shape index (κ3) is 6.46.